The summed E-state index contributed by atoms with van der Waals surface area (Å²) in [6, 6.07) is 2.10. The zero-order chi connectivity index (χ0) is 28.5. The van der Waals surface area contributed by atoms with Crippen LogP contribution in [0.1, 0.15) is 50.8 Å². The van der Waals surface area contributed by atoms with Crippen molar-refractivity contribution >= 4 is 40.7 Å². The Morgan fingerprint density at radius 2 is 2.02 bits per heavy atom. The van der Waals surface area contributed by atoms with Gasteiger partial charge in [0.05, 0.1) is 11.6 Å². The summed E-state index contributed by atoms with van der Waals surface area (Å²) in [5.74, 6) is 1.69. The topological polar surface area (TPSA) is 145 Å². The monoisotopic (exact) mass is 578 g/mol. The normalized spacial score (nSPS) is 24.6. The number of ether oxygens (including phenoxy) is 2. The van der Waals surface area contributed by atoms with Crippen molar-refractivity contribution < 1.29 is 14.3 Å². The van der Waals surface area contributed by atoms with E-state index in [0.29, 0.717) is 45.7 Å². The lowest BCUT2D eigenvalue weighted by Crippen LogP contribution is -2.50. The van der Waals surface area contributed by atoms with Crippen LogP contribution < -0.4 is 10.6 Å². The number of pyridine rings is 1. The van der Waals surface area contributed by atoms with E-state index in [9.17, 15) is 4.79 Å². The number of halogens is 1. The Hall–Kier alpha value is -3.57. The molecular weight excluding hydrogens is 544 g/mol. The molecule has 0 bridgehead atoms. The molecule has 3 aromatic heterocycles. The van der Waals surface area contributed by atoms with Gasteiger partial charge in [0.2, 0.25) is 11.8 Å². The molecule has 3 aliphatic rings. The lowest BCUT2D eigenvalue weighted by atomic mass is 9.82. The first-order valence-corrected chi connectivity index (χ1v) is 14.7. The van der Waals surface area contributed by atoms with Crippen LogP contribution in [-0.2, 0) is 16.0 Å². The lowest BCUT2D eigenvalue weighted by molar-refractivity contribution is 0.0278. The van der Waals surface area contributed by atoms with E-state index in [-0.39, 0.29) is 5.82 Å². The molecule has 11 nitrogen and oxygen atoms in total. The second kappa shape index (κ2) is 11.7. The fraction of sp³-hybridized carbons (Fsp3) is 0.517. The van der Waals surface area contributed by atoms with E-state index in [1.165, 1.54) is 0 Å². The van der Waals surface area contributed by atoms with Crippen molar-refractivity contribution in [1.82, 2.24) is 24.5 Å². The van der Waals surface area contributed by atoms with Crippen LogP contribution in [0.15, 0.2) is 31.1 Å². The van der Waals surface area contributed by atoms with Gasteiger partial charge >= 0.3 is 6.09 Å². The highest BCUT2D eigenvalue weighted by Crippen LogP contribution is 2.39. The molecule has 0 radical (unpaired) electrons. The third-order valence-electron chi connectivity index (χ3n) is 8.70. The summed E-state index contributed by atoms with van der Waals surface area (Å²) in [5, 5.41) is 8.75. The number of nitrogens with two attached hydrogens (primary N) is 1. The molecule has 2 atom stereocenters. The SMILES string of the molecule is C=C[C@H]1CC[C@H](Cn2c(N3CCCC4COCCC43)nc3nc(C(=N)OC(N)=O)nc(-c4cncc(Cl)c4)c32)CC1. The van der Waals surface area contributed by atoms with Crippen molar-refractivity contribution in [2.45, 2.75) is 57.5 Å². The molecule has 2 unspecified atom stereocenters. The molecule has 1 saturated carbocycles. The van der Waals surface area contributed by atoms with Gasteiger partial charge < -0.3 is 24.7 Å². The van der Waals surface area contributed by atoms with Crippen LogP contribution in [-0.4, -0.2) is 62.3 Å². The van der Waals surface area contributed by atoms with E-state index in [4.69, 9.17) is 42.2 Å². The van der Waals surface area contributed by atoms with Gasteiger partial charge in [-0.05, 0) is 62.8 Å². The number of imidazole rings is 1. The number of nitrogens with one attached hydrogen (secondary N) is 1. The van der Waals surface area contributed by atoms with Gasteiger partial charge in [-0.1, -0.05) is 17.7 Å². The number of amides is 1. The second-order valence-corrected chi connectivity index (χ2v) is 11.7. The van der Waals surface area contributed by atoms with Crippen molar-refractivity contribution in [1.29, 1.82) is 5.41 Å². The van der Waals surface area contributed by atoms with Crippen molar-refractivity contribution in [3.05, 3.63) is 42.0 Å². The summed E-state index contributed by atoms with van der Waals surface area (Å²) in [6.07, 6.45) is 11.8. The van der Waals surface area contributed by atoms with Crippen LogP contribution in [0.5, 0.6) is 0 Å². The number of fused-ring (bicyclic) bond motifs is 2. The van der Waals surface area contributed by atoms with Crippen LogP contribution in [0, 0.1) is 23.2 Å². The maximum atomic E-state index is 11.4. The number of rotatable bonds is 6. The molecule has 6 rings (SSSR count). The molecule has 3 fully saturated rings. The van der Waals surface area contributed by atoms with Gasteiger partial charge in [0.25, 0.3) is 5.90 Å². The van der Waals surface area contributed by atoms with Crippen molar-refractivity contribution in [3.63, 3.8) is 0 Å². The molecule has 3 aromatic rings. The standard InChI is InChI=1S/C29H35ClN8O3/c1-2-17-5-7-18(8-6-17)15-38-24-23(20-12-21(30)14-33-13-20)34-27(25(31)41-28(32)39)35-26(24)36-29(38)37-10-3-4-19-16-40-11-9-22(19)37/h2,12-14,17-19,22,31H,1,3-11,15-16H2,(H2,32,39)/t17-,18-,19?,22?. The number of primary amides is 1. The summed E-state index contributed by atoms with van der Waals surface area (Å²) in [7, 11) is 0. The van der Waals surface area contributed by atoms with E-state index in [1.807, 2.05) is 0 Å². The molecule has 216 valence electrons. The highest BCUT2D eigenvalue weighted by Gasteiger charge is 2.37. The zero-order valence-electron chi connectivity index (χ0n) is 23.0. The largest absolute Gasteiger partial charge is 0.411 e. The molecule has 2 aliphatic heterocycles. The van der Waals surface area contributed by atoms with Crippen molar-refractivity contribution in [2.24, 2.45) is 23.5 Å². The predicted molar refractivity (Wildman–Crippen MR) is 156 cm³/mol. The fourth-order valence-electron chi connectivity index (χ4n) is 6.68. The number of hydrogen-bond donors (Lipinski definition) is 2. The van der Waals surface area contributed by atoms with Crippen LogP contribution in [0.25, 0.3) is 22.4 Å². The van der Waals surface area contributed by atoms with Gasteiger partial charge in [-0.3, -0.25) is 10.4 Å². The van der Waals surface area contributed by atoms with E-state index >= 15 is 0 Å². The highest BCUT2D eigenvalue weighted by atomic mass is 35.5. The Morgan fingerprint density at radius 1 is 1.20 bits per heavy atom. The number of nitrogens with zero attached hydrogens (tertiary/aromatic N) is 6. The van der Waals surface area contributed by atoms with Gasteiger partial charge in [-0.15, -0.1) is 6.58 Å². The maximum absolute atomic E-state index is 11.4. The molecular formula is C29H35ClN8O3. The molecule has 3 N–H and O–H groups in total. The number of aromatic nitrogens is 5. The Labute approximate surface area is 243 Å². The summed E-state index contributed by atoms with van der Waals surface area (Å²) in [5.41, 5.74) is 7.55. The zero-order valence-corrected chi connectivity index (χ0v) is 23.7. The first kappa shape index (κ1) is 27.6. The minimum absolute atomic E-state index is 0.0865. The summed E-state index contributed by atoms with van der Waals surface area (Å²) in [6.45, 7) is 7.16. The Bertz CT molecular complexity index is 1470. The smallest absolute Gasteiger partial charge is 0.388 e. The average molecular weight is 579 g/mol. The average Bonchev–Trinajstić information content (AvgIpc) is 3.34. The van der Waals surface area contributed by atoms with Gasteiger partial charge in [0.15, 0.2) is 5.65 Å². The lowest BCUT2D eigenvalue weighted by Gasteiger charge is -2.44. The molecule has 1 aliphatic carbocycles. The summed E-state index contributed by atoms with van der Waals surface area (Å²) >= 11 is 6.36. The summed E-state index contributed by atoms with van der Waals surface area (Å²) in [4.78, 5) is 32.6. The molecule has 41 heavy (non-hydrogen) atoms. The number of allylic oxidation sites excluding steroid dienone is 1. The summed E-state index contributed by atoms with van der Waals surface area (Å²) < 4.78 is 13.0. The van der Waals surface area contributed by atoms with Crippen LogP contribution in [0.4, 0.5) is 10.7 Å². The van der Waals surface area contributed by atoms with E-state index in [1.54, 1.807) is 18.5 Å². The number of hydrogen-bond acceptors (Lipinski definition) is 9. The van der Waals surface area contributed by atoms with Crippen LogP contribution >= 0.6 is 11.6 Å². The minimum atomic E-state index is -1.11. The first-order valence-electron chi connectivity index (χ1n) is 14.3. The van der Waals surface area contributed by atoms with Crippen molar-refractivity contribution in [3.8, 4) is 11.3 Å². The number of carbonyl (C=O) groups excluding carboxylic acids is 1. The van der Waals surface area contributed by atoms with E-state index in [2.05, 4.69) is 32.1 Å². The van der Waals surface area contributed by atoms with Gasteiger partial charge in [0.1, 0.15) is 11.2 Å². The number of piperidine rings is 1. The number of anilines is 1. The molecule has 0 aromatic carbocycles. The molecule has 0 spiro atoms. The Morgan fingerprint density at radius 3 is 2.78 bits per heavy atom. The van der Waals surface area contributed by atoms with E-state index in [0.717, 1.165) is 82.7 Å². The van der Waals surface area contributed by atoms with Crippen LogP contribution in [0.3, 0.4) is 0 Å². The van der Waals surface area contributed by atoms with Crippen molar-refractivity contribution in [2.75, 3.05) is 24.7 Å². The molecule has 1 amide bonds. The fourth-order valence-corrected chi connectivity index (χ4v) is 6.86. The minimum Gasteiger partial charge on any atom is -0.388 e. The molecule has 12 heteroatoms. The third-order valence-corrected chi connectivity index (χ3v) is 8.90. The predicted octanol–water partition coefficient (Wildman–Crippen LogP) is 4.96. The van der Waals surface area contributed by atoms with Gasteiger partial charge in [-0.2, -0.15) is 4.98 Å². The Kier molecular flexibility index (Phi) is 7.90. The highest BCUT2D eigenvalue weighted by molar-refractivity contribution is 6.30. The quantitative estimate of drug-likeness (QED) is 0.237. The molecule has 2 saturated heterocycles. The first-order chi connectivity index (χ1) is 19.9. The molecule has 5 heterocycles. The van der Waals surface area contributed by atoms with E-state index < -0.39 is 12.0 Å². The Balaban J connectivity index is 1.53. The number of carbonyl (C=O) groups is 1. The van der Waals surface area contributed by atoms with Gasteiger partial charge in [-0.25, -0.2) is 14.8 Å². The van der Waals surface area contributed by atoms with Gasteiger partial charge in [0, 0.05) is 49.6 Å². The third kappa shape index (κ3) is 5.65. The second-order valence-electron chi connectivity index (χ2n) is 11.3. The van der Waals surface area contributed by atoms with Crippen LogP contribution in [0.2, 0.25) is 5.02 Å². The maximum Gasteiger partial charge on any atom is 0.411 e.